The summed E-state index contributed by atoms with van der Waals surface area (Å²) in [5.74, 6) is 0.169. The van der Waals surface area contributed by atoms with Crippen LogP contribution < -0.4 is 5.32 Å². The number of aliphatic hydroxyl groups excluding tert-OH is 1. The Labute approximate surface area is 78.9 Å². The van der Waals surface area contributed by atoms with Crippen LogP contribution in [0.15, 0.2) is 0 Å². The highest BCUT2D eigenvalue weighted by Gasteiger charge is 2.15. The Morgan fingerprint density at radius 1 is 1.54 bits per heavy atom. The molecular weight excluding hydrogens is 168 g/mol. The Morgan fingerprint density at radius 2 is 2.15 bits per heavy atom. The predicted octanol–water partition coefficient (Wildman–Crippen LogP) is -0.421. The number of piperazine rings is 1. The van der Waals surface area contributed by atoms with Crippen molar-refractivity contribution in [3.63, 3.8) is 0 Å². The number of nitrogens with one attached hydrogen (secondary N) is 1. The maximum atomic E-state index is 11.5. The summed E-state index contributed by atoms with van der Waals surface area (Å²) < 4.78 is 0. The van der Waals surface area contributed by atoms with E-state index < -0.39 is 0 Å². The normalized spacial score (nSPS) is 20.0. The zero-order chi connectivity index (χ0) is 9.68. The molecule has 2 N–H and O–H groups in total. The highest BCUT2D eigenvalue weighted by Crippen LogP contribution is 2.02. The van der Waals surface area contributed by atoms with Gasteiger partial charge in [-0.1, -0.05) is 0 Å². The second-order valence-electron chi connectivity index (χ2n) is 3.52. The quantitative estimate of drug-likeness (QED) is 0.629. The topological polar surface area (TPSA) is 52.6 Å². The molecule has 1 amide bonds. The zero-order valence-corrected chi connectivity index (χ0v) is 8.12. The summed E-state index contributed by atoms with van der Waals surface area (Å²) in [5, 5.41) is 12.2. The number of aliphatic hydroxyl groups is 1. The second kappa shape index (κ2) is 5.19. The van der Waals surface area contributed by atoms with Crippen LogP contribution in [-0.2, 0) is 4.79 Å². The van der Waals surface area contributed by atoms with Crippen LogP contribution in [0.5, 0.6) is 0 Å². The average molecular weight is 186 g/mol. The molecule has 0 aromatic heterocycles. The molecule has 1 aliphatic rings. The summed E-state index contributed by atoms with van der Waals surface area (Å²) in [6.07, 6.45) is 0.673. The van der Waals surface area contributed by atoms with E-state index in [4.69, 9.17) is 5.11 Å². The first-order chi connectivity index (χ1) is 6.20. The number of hydrogen-bond donors (Lipinski definition) is 2. The smallest absolute Gasteiger partial charge is 0.222 e. The standard InChI is InChI=1S/C9H18N2O2/c1-8(12)2-3-9(13)11-6-4-10-5-7-11/h8,10,12H,2-7H2,1H3. The molecule has 1 fully saturated rings. The first-order valence-electron chi connectivity index (χ1n) is 4.86. The van der Waals surface area contributed by atoms with E-state index in [0.29, 0.717) is 12.8 Å². The van der Waals surface area contributed by atoms with Gasteiger partial charge in [-0.15, -0.1) is 0 Å². The fraction of sp³-hybridized carbons (Fsp3) is 0.889. The van der Waals surface area contributed by atoms with Crippen LogP contribution in [0.25, 0.3) is 0 Å². The highest BCUT2D eigenvalue weighted by atomic mass is 16.3. The third-order valence-electron chi connectivity index (χ3n) is 2.25. The Kier molecular flexibility index (Phi) is 4.18. The zero-order valence-electron chi connectivity index (χ0n) is 8.12. The minimum Gasteiger partial charge on any atom is -0.393 e. The van der Waals surface area contributed by atoms with Crippen molar-refractivity contribution in [3.8, 4) is 0 Å². The molecule has 0 spiro atoms. The second-order valence-corrected chi connectivity index (χ2v) is 3.52. The molecule has 76 valence electrons. The van der Waals surface area contributed by atoms with E-state index in [-0.39, 0.29) is 12.0 Å². The molecule has 1 unspecified atom stereocenters. The third-order valence-corrected chi connectivity index (χ3v) is 2.25. The first kappa shape index (κ1) is 10.5. The Bertz CT molecular complexity index is 165. The van der Waals surface area contributed by atoms with E-state index in [2.05, 4.69) is 5.32 Å². The lowest BCUT2D eigenvalue weighted by atomic mass is 10.2. The van der Waals surface area contributed by atoms with E-state index in [1.165, 1.54) is 0 Å². The van der Waals surface area contributed by atoms with Gasteiger partial charge in [0.05, 0.1) is 6.10 Å². The van der Waals surface area contributed by atoms with Gasteiger partial charge in [0.2, 0.25) is 5.91 Å². The van der Waals surface area contributed by atoms with Gasteiger partial charge in [-0.3, -0.25) is 4.79 Å². The van der Waals surface area contributed by atoms with Gasteiger partial charge in [0.1, 0.15) is 0 Å². The van der Waals surface area contributed by atoms with E-state index >= 15 is 0 Å². The van der Waals surface area contributed by atoms with Crippen molar-refractivity contribution < 1.29 is 9.90 Å². The van der Waals surface area contributed by atoms with Crippen LogP contribution in [0.2, 0.25) is 0 Å². The maximum absolute atomic E-state index is 11.5. The molecular formula is C9H18N2O2. The van der Waals surface area contributed by atoms with Crippen LogP contribution in [0.4, 0.5) is 0 Å². The Balaban J connectivity index is 2.21. The van der Waals surface area contributed by atoms with E-state index in [9.17, 15) is 4.79 Å². The molecule has 1 aliphatic heterocycles. The molecule has 0 aromatic rings. The van der Waals surface area contributed by atoms with Gasteiger partial charge in [0.25, 0.3) is 0 Å². The van der Waals surface area contributed by atoms with Gasteiger partial charge in [-0.25, -0.2) is 0 Å². The number of nitrogens with zero attached hydrogens (tertiary/aromatic N) is 1. The van der Waals surface area contributed by atoms with E-state index in [1.807, 2.05) is 4.90 Å². The van der Waals surface area contributed by atoms with Crippen molar-refractivity contribution in [3.05, 3.63) is 0 Å². The van der Waals surface area contributed by atoms with Crippen molar-refractivity contribution in [1.82, 2.24) is 10.2 Å². The van der Waals surface area contributed by atoms with Gasteiger partial charge in [-0.05, 0) is 13.3 Å². The molecule has 4 nitrogen and oxygen atoms in total. The Morgan fingerprint density at radius 3 is 2.69 bits per heavy atom. The fourth-order valence-electron chi connectivity index (χ4n) is 1.40. The van der Waals surface area contributed by atoms with Gasteiger partial charge >= 0.3 is 0 Å². The van der Waals surface area contributed by atoms with Crippen molar-refractivity contribution in [1.29, 1.82) is 0 Å². The van der Waals surface area contributed by atoms with Crippen LogP contribution in [0.1, 0.15) is 19.8 Å². The van der Waals surface area contributed by atoms with Gasteiger partial charge in [-0.2, -0.15) is 0 Å². The van der Waals surface area contributed by atoms with Gasteiger partial charge in [0.15, 0.2) is 0 Å². The molecule has 0 aromatic carbocycles. The molecule has 1 saturated heterocycles. The number of amides is 1. The van der Waals surface area contributed by atoms with Crippen molar-refractivity contribution in [2.75, 3.05) is 26.2 Å². The predicted molar refractivity (Wildman–Crippen MR) is 50.4 cm³/mol. The molecule has 0 bridgehead atoms. The summed E-state index contributed by atoms with van der Waals surface area (Å²) in [6.45, 7) is 5.10. The lowest BCUT2D eigenvalue weighted by Crippen LogP contribution is -2.46. The van der Waals surface area contributed by atoms with E-state index in [1.54, 1.807) is 6.92 Å². The summed E-state index contributed by atoms with van der Waals surface area (Å²) in [5.41, 5.74) is 0. The lowest BCUT2D eigenvalue weighted by Gasteiger charge is -2.27. The largest absolute Gasteiger partial charge is 0.393 e. The van der Waals surface area contributed by atoms with Crippen LogP contribution in [0, 0.1) is 0 Å². The summed E-state index contributed by atoms with van der Waals surface area (Å²) in [6, 6.07) is 0. The molecule has 0 aliphatic carbocycles. The highest BCUT2D eigenvalue weighted by molar-refractivity contribution is 5.76. The molecule has 1 atom stereocenters. The minimum atomic E-state index is -0.369. The van der Waals surface area contributed by atoms with Crippen LogP contribution in [0.3, 0.4) is 0 Å². The molecule has 13 heavy (non-hydrogen) atoms. The number of carbonyl (C=O) groups is 1. The molecule has 4 heteroatoms. The lowest BCUT2D eigenvalue weighted by molar-refractivity contribution is -0.132. The Hall–Kier alpha value is -0.610. The summed E-state index contributed by atoms with van der Waals surface area (Å²) in [7, 11) is 0. The van der Waals surface area contributed by atoms with Crippen molar-refractivity contribution >= 4 is 5.91 Å². The first-order valence-corrected chi connectivity index (χ1v) is 4.86. The average Bonchev–Trinajstić information content (AvgIpc) is 2.15. The number of hydrogen-bond acceptors (Lipinski definition) is 3. The molecule has 1 rings (SSSR count). The molecule has 0 saturated carbocycles. The summed E-state index contributed by atoms with van der Waals surface area (Å²) >= 11 is 0. The van der Waals surface area contributed by atoms with Gasteiger partial charge in [0, 0.05) is 32.6 Å². The van der Waals surface area contributed by atoms with Crippen molar-refractivity contribution in [2.45, 2.75) is 25.9 Å². The van der Waals surface area contributed by atoms with E-state index in [0.717, 1.165) is 26.2 Å². The van der Waals surface area contributed by atoms with Gasteiger partial charge < -0.3 is 15.3 Å². The summed E-state index contributed by atoms with van der Waals surface area (Å²) in [4.78, 5) is 13.3. The monoisotopic (exact) mass is 186 g/mol. The number of rotatable bonds is 3. The minimum absolute atomic E-state index is 0.169. The maximum Gasteiger partial charge on any atom is 0.222 e. The third kappa shape index (κ3) is 3.74. The molecule has 0 radical (unpaired) electrons. The molecule has 1 heterocycles. The SMILES string of the molecule is CC(O)CCC(=O)N1CCNCC1. The fourth-order valence-corrected chi connectivity index (χ4v) is 1.40. The van der Waals surface area contributed by atoms with Crippen molar-refractivity contribution in [2.24, 2.45) is 0 Å². The van der Waals surface area contributed by atoms with Crippen LogP contribution in [-0.4, -0.2) is 48.2 Å². The number of carbonyl (C=O) groups excluding carboxylic acids is 1. The van der Waals surface area contributed by atoms with Crippen LogP contribution >= 0.6 is 0 Å².